The van der Waals surface area contributed by atoms with Gasteiger partial charge in [0.25, 0.3) is 0 Å². The van der Waals surface area contributed by atoms with Crippen molar-refractivity contribution in [1.29, 1.82) is 0 Å². The molecule has 0 aromatic carbocycles. The molecular formula is C15H29N. The molecule has 2 saturated carbocycles. The lowest BCUT2D eigenvalue weighted by atomic mass is 9.65. The van der Waals surface area contributed by atoms with Gasteiger partial charge in [0.2, 0.25) is 0 Å². The third kappa shape index (κ3) is 3.00. The quantitative estimate of drug-likeness (QED) is 0.770. The number of hydrogen-bond donors (Lipinski definition) is 1. The molecule has 0 aromatic heterocycles. The lowest BCUT2D eigenvalue weighted by molar-refractivity contribution is 0.102. The average Bonchev–Trinajstić information content (AvgIpc) is 2.70. The first-order chi connectivity index (χ1) is 7.61. The Kier molecular flexibility index (Phi) is 3.94. The van der Waals surface area contributed by atoms with Crippen molar-refractivity contribution in [1.82, 2.24) is 0 Å². The highest BCUT2D eigenvalue weighted by Crippen LogP contribution is 2.45. The summed E-state index contributed by atoms with van der Waals surface area (Å²) in [5.74, 6) is 2.79. The molecule has 0 heterocycles. The summed E-state index contributed by atoms with van der Waals surface area (Å²) >= 11 is 0. The summed E-state index contributed by atoms with van der Waals surface area (Å²) in [6, 6.07) is 0. The Bertz CT molecular complexity index is 215. The Morgan fingerprint density at radius 2 is 1.75 bits per heavy atom. The second-order valence-electron chi connectivity index (χ2n) is 7.05. The van der Waals surface area contributed by atoms with Gasteiger partial charge >= 0.3 is 0 Å². The molecule has 0 radical (unpaired) electrons. The van der Waals surface area contributed by atoms with Gasteiger partial charge in [0, 0.05) is 0 Å². The minimum absolute atomic E-state index is 0.578. The van der Waals surface area contributed by atoms with E-state index < -0.39 is 0 Å². The van der Waals surface area contributed by atoms with Crippen molar-refractivity contribution in [3.05, 3.63) is 0 Å². The molecule has 2 unspecified atom stereocenters. The van der Waals surface area contributed by atoms with Crippen LogP contribution in [0.1, 0.15) is 65.2 Å². The number of hydrogen-bond acceptors (Lipinski definition) is 1. The zero-order chi connectivity index (χ0) is 11.6. The first-order valence-electron chi connectivity index (χ1n) is 7.31. The first kappa shape index (κ1) is 12.4. The van der Waals surface area contributed by atoms with Gasteiger partial charge in [-0.3, -0.25) is 0 Å². The van der Waals surface area contributed by atoms with E-state index in [-0.39, 0.29) is 0 Å². The van der Waals surface area contributed by atoms with Crippen molar-refractivity contribution in [3.63, 3.8) is 0 Å². The van der Waals surface area contributed by atoms with Crippen molar-refractivity contribution in [2.45, 2.75) is 65.2 Å². The molecule has 94 valence electrons. The summed E-state index contributed by atoms with van der Waals surface area (Å²) in [6.07, 6.45) is 11.6. The molecule has 2 aliphatic carbocycles. The number of rotatable bonds is 3. The Balaban J connectivity index is 1.91. The number of nitrogens with two attached hydrogens (primary N) is 1. The van der Waals surface area contributed by atoms with E-state index in [1.165, 1.54) is 51.4 Å². The summed E-state index contributed by atoms with van der Waals surface area (Å²) in [5.41, 5.74) is 6.53. The Morgan fingerprint density at radius 3 is 2.38 bits per heavy atom. The monoisotopic (exact) mass is 223 g/mol. The molecule has 0 aliphatic heterocycles. The lowest BCUT2D eigenvalue weighted by Gasteiger charge is -2.41. The molecule has 2 atom stereocenters. The maximum Gasteiger partial charge on any atom is -0.00462 e. The SMILES string of the molecule is CC1(C)CCC(CN)C(CC2CCCC2)C1. The van der Waals surface area contributed by atoms with Crippen LogP contribution >= 0.6 is 0 Å². The van der Waals surface area contributed by atoms with Gasteiger partial charge in [-0.15, -0.1) is 0 Å². The normalized spacial score (nSPS) is 35.4. The van der Waals surface area contributed by atoms with Crippen molar-refractivity contribution >= 4 is 0 Å². The molecule has 2 aliphatic rings. The Morgan fingerprint density at radius 1 is 1.06 bits per heavy atom. The molecule has 2 rings (SSSR count). The van der Waals surface area contributed by atoms with E-state index in [0.29, 0.717) is 5.41 Å². The van der Waals surface area contributed by atoms with Crippen LogP contribution < -0.4 is 5.73 Å². The van der Waals surface area contributed by atoms with Crippen LogP contribution in [0.3, 0.4) is 0 Å². The molecule has 2 fully saturated rings. The first-order valence-corrected chi connectivity index (χ1v) is 7.31. The molecule has 0 bridgehead atoms. The smallest absolute Gasteiger partial charge is 0.00462 e. The van der Waals surface area contributed by atoms with E-state index in [1.54, 1.807) is 0 Å². The van der Waals surface area contributed by atoms with Crippen LogP contribution in [0.2, 0.25) is 0 Å². The zero-order valence-electron chi connectivity index (χ0n) is 11.2. The average molecular weight is 223 g/mol. The Hall–Kier alpha value is -0.0400. The van der Waals surface area contributed by atoms with Crippen molar-refractivity contribution in [3.8, 4) is 0 Å². The van der Waals surface area contributed by atoms with E-state index in [4.69, 9.17) is 5.73 Å². The summed E-state index contributed by atoms with van der Waals surface area (Å²) in [5, 5.41) is 0. The van der Waals surface area contributed by atoms with Gasteiger partial charge in [-0.25, -0.2) is 0 Å². The zero-order valence-corrected chi connectivity index (χ0v) is 11.2. The van der Waals surface area contributed by atoms with Gasteiger partial charge in [0.05, 0.1) is 0 Å². The highest BCUT2D eigenvalue weighted by atomic mass is 14.6. The second kappa shape index (κ2) is 5.08. The van der Waals surface area contributed by atoms with Crippen LogP contribution in [0.15, 0.2) is 0 Å². The maximum absolute atomic E-state index is 5.96. The third-order valence-electron chi connectivity index (χ3n) is 5.09. The predicted octanol–water partition coefficient (Wildman–Crippen LogP) is 3.97. The summed E-state index contributed by atoms with van der Waals surface area (Å²) < 4.78 is 0. The molecule has 1 nitrogen and oxygen atoms in total. The summed E-state index contributed by atoms with van der Waals surface area (Å²) in [7, 11) is 0. The van der Waals surface area contributed by atoms with Crippen LogP contribution in [-0.2, 0) is 0 Å². The molecule has 0 amide bonds. The van der Waals surface area contributed by atoms with Crippen LogP contribution in [0, 0.1) is 23.2 Å². The fourth-order valence-electron chi connectivity index (χ4n) is 4.05. The minimum Gasteiger partial charge on any atom is -0.330 e. The standard InChI is InChI=1S/C15H29N/c1-15(2)8-7-13(11-16)14(10-15)9-12-5-3-4-6-12/h12-14H,3-11,16H2,1-2H3. The van der Waals surface area contributed by atoms with Crippen molar-refractivity contribution in [2.75, 3.05) is 6.54 Å². The van der Waals surface area contributed by atoms with E-state index in [2.05, 4.69) is 13.8 Å². The lowest BCUT2D eigenvalue weighted by Crippen LogP contribution is -2.34. The predicted molar refractivity (Wildman–Crippen MR) is 70.2 cm³/mol. The van der Waals surface area contributed by atoms with Gasteiger partial charge in [0.15, 0.2) is 0 Å². The van der Waals surface area contributed by atoms with Gasteiger partial charge in [-0.05, 0) is 55.4 Å². The fraction of sp³-hybridized carbons (Fsp3) is 1.00. The van der Waals surface area contributed by atoms with Crippen LogP contribution in [0.4, 0.5) is 0 Å². The van der Waals surface area contributed by atoms with Gasteiger partial charge in [-0.1, -0.05) is 39.5 Å². The highest BCUT2D eigenvalue weighted by Gasteiger charge is 2.35. The highest BCUT2D eigenvalue weighted by molar-refractivity contribution is 4.87. The molecule has 0 saturated heterocycles. The van der Waals surface area contributed by atoms with Gasteiger partial charge in [-0.2, -0.15) is 0 Å². The minimum atomic E-state index is 0.578. The fourth-order valence-corrected chi connectivity index (χ4v) is 4.05. The molecule has 2 N–H and O–H groups in total. The van der Waals surface area contributed by atoms with Gasteiger partial charge in [0.1, 0.15) is 0 Å². The van der Waals surface area contributed by atoms with Gasteiger partial charge < -0.3 is 5.73 Å². The second-order valence-corrected chi connectivity index (χ2v) is 7.05. The Labute approximate surface area is 101 Å². The van der Waals surface area contributed by atoms with Crippen LogP contribution in [0.25, 0.3) is 0 Å². The third-order valence-corrected chi connectivity index (χ3v) is 5.09. The van der Waals surface area contributed by atoms with Crippen LogP contribution in [-0.4, -0.2) is 6.54 Å². The molecule has 16 heavy (non-hydrogen) atoms. The van der Waals surface area contributed by atoms with Crippen LogP contribution in [0.5, 0.6) is 0 Å². The largest absolute Gasteiger partial charge is 0.330 e. The summed E-state index contributed by atoms with van der Waals surface area (Å²) in [6.45, 7) is 5.82. The van der Waals surface area contributed by atoms with E-state index >= 15 is 0 Å². The summed E-state index contributed by atoms with van der Waals surface area (Å²) in [4.78, 5) is 0. The molecule has 0 spiro atoms. The van der Waals surface area contributed by atoms with E-state index in [9.17, 15) is 0 Å². The molecule has 1 heteroatoms. The molecule has 0 aromatic rings. The van der Waals surface area contributed by atoms with E-state index in [1.807, 2.05) is 0 Å². The molecular weight excluding hydrogens is 194 g/mol. The maximum atomic E-state index is 5.96. The van der Waals surface area contributed by atoms with E-state index in [0.717, 1.165) is 24.3 Å². The van der Waals surface area contributed by atoms with Crippen molar-refractivity contribution < 1.29 is 0 Å². The topological polar surface area (TPSA) is 26.0 Å². The van der Waals surface area contributed by atoms with Crippen molar-refractivity contribution in [2.24, 2.45) is 28.9 Å².